The van der Waals surface area contributed by atoms with Gasteiger partial charge >= 0.3 is 0 Å². The third-order valence-electron chi connectivity index (χ3n) is 4.33. The van der Waals surface area contributed by atoms with Crippen LogP contribution in [0.5, 0.6) is 0 Å². The molecule has 2 aromatic rings. The van der Waals surface area contributed by atoms with Crippen molar-refractivity contribution >= 4 is 32.4 Å². The van der Waals surface area contributed by atoms with Crippen LogP contribution in [0.3, 0.4) is 0 Å². The summed E-state index contributed by atoms with van der Waals surface area (Å²) in [7, 11) is -3.61. The molecule has 0 amide bonds. The average molecular weight is 442 g/mol. The molecule has 0 radical (unpaired) electrons. The second-order valence-corrected chi connectivity index (χ2v) is 9.02. The van der Waals surface area contributed by atoms with Gasteiger partial charge in [0, 0.05) is 3.57 Å². The molecular formula is C18H16FIO2S. The van der Waals surface area contributed by atoms with E-state index in [4.69, 9.17) is 0 Å². The second-order valence-electron chi connectivity index (χ2n) is 5.70. The number of rotatable bonds is 3. The van der Waals surface area contributed by atoms with Crippen LogP contribution in [0.15, 0.2) is 60.0 Å². The van der Waals surface area contributed by atoms with Crippen molar-refractivity contribution in [1.82, 2.24) is 0 Å². The fraction of sp³-hybridized carbons (Fsp3) is 0.222. The van der Waals surface area contributed by atoms with Crippen LogP contribution in [0.1, 0.15) is 22.8 Å². The Hall–Kier alpha value is -1.21. The van der Waals surface area contributed by atoms with E-state index in [0.717, 1.165) is 27.5 Å². The molecule has 1 aliphatic rings. The van der Waals surface area contributed by atoms with Crippen LogP contribution in [0.25, 0.3) is 0 Å². The van der Waals surface area contributed by atoms with Gasteiger partial charge in [-0.2, -0.15) is 0 Å². The topological polar surface area (TPSA) is 34.1 Å². The Morgan fingerprint density at radius 3 is 2.52 bits per heavy atom. The fourth-order valence-corrected chi connectivity index (χ4v) is 5.82. The maximum Gasteiger partial charge on any atom is 0.185 e. The van der Waals surface area contributed by atoms with E-state index in [-0.39, 0.29) is 10.8 Å². The van der Waals surface area contributed by atoms with Crippen molar-refractivity contribution in [2.24, 2.45) is 5.92 Å². The van der Waals surface area contributed by atoms with Gasteiger partial charge in [0.2, 0.25) is 0 Å². The summed E-state index contributed by atoms with van der Waals surface area (Å²) < 4.78 is 40.5. The first-order valence-electron chi connectivity index (χ1n) is 7.34. The lowest BCUT2D eigenvalue weighted by Gasteiger charge is -2.31. The summed E-state index contributed by atoms with van der Waals surface area (Å²) in [6, 6.07) is 10.9. The summed E-state index contributed by atoms with van der Waals surface area (Å²) in [6.45, 7) is 3.82. The first kappa shape index (κ1) is 16.6. The van der Waals surface area contributed by atoms with E-state index in [0.29, 0.717) is 0 Å². The van der Waals surface area contributed by atoms with Crippen molar-refractivity contribution in [3.05, 3.63) is 75.6 Å². The highest BCUT2D eigenvalue weighted by molar-refractivity contribution is 14.1. The Morgan fingerprint density at radius 1 is 1.17 bits per heavy atom. The molecule has 1 aliphatic carbocycles. The van der Waals surface area contributed by atoms with Crippen molar-refractivity contribution < 1.29 is 12.8 Å². The number of fused-ring (bicyclic) bond motifs is 1. The van der Waals surface area contributed by atoms with Crippen molar-refractivity contribution in [1.29, 1.82) is 0 Å². The number of hydrogen-bond acceptors (Lipinski definition) is 2. The predicted octanol–water partition coefficient (Wildman–Crippen LogP) is 4.69. The zero-order valence-electron chi connectivity index (χ0n) is 12.4. The van der Waals surface area contributed by atoms with Crippen LogP contribution < -0.4 is 0 Å². The first-order chi connectivity index (χ1) is 10.9. The first-order valence-corrected chi connectivity index (χ1v) is 9.96. The number of aryl methyl sites for hydroxylation is 1. The highest BCUT2D eigenvalue weighted by Crippen LogP contribution is 2.43. The second kappa shape index (κ2) is 6.36. The highest BCUT2D eigenvalue weighted by Gasteiger charge is 2.38. The van der Waals surface area contributed by atoms with Crippen LogP contribution in [-0.4, -0.2) is 8.42 Å². The third kappa shape index (κ3) is 3.08. The number of halogens is 2. The molecular weight excluding hydrogens is 426 g/mol. The molecule has 0 fully saturated rings. The molecule has 2 aromatic carbocycles. The third-order valence-corrected chi connectivity index (χ3v) is 7.20. The summed E-state index contributed by atoms with van der Waals surface area (Å²) in [5, 5.41) is -0.661. The minimum absolute atomic E-state index is 0.141. The number of allylic oxidation sites excluding steroid dienone is 1. The van der Waals surface area contributed by atoms with E-state index in [1.165, 1.54) is 24.3 Å². The Kier molecular flexibility index (Phi) is 4.60. The number of benzene rings is 2. The molecule has 5 heteroatoms. The monoisotopic (exact) mass is 442 g/mol. The molecule has 0 bridgehead atoms. The maximum absolute atomic E-state index is 13.1. The van der Waals surface area contributed by atoms with Gasteiger partial charge < -0.3 is 0 Å². The van der Waals surface area contributed by atoms with Crippen molar-refractivity contribution in [3.8, 4) is 0 Å². The van der Waals surface area contributed by atoms with Gasteiger partial charge in [-0.3, -0.25) is 0 Å². The lowest BCUT2D eigenvalue weighted by molar-refractivity contribution is 0.500. The largest absolute Gasteiger partial charge is 0.223 e. The van der Waals surface area contributed by atoms with Gasteiger partial charge in [0.15, 0.2) is 9.84 Å². The maximum atomic E-state index is 13.1. The smallest absolute Gasteiger partial charge is 0.185 e. The van der Waals surface area contributed by atoms with E-state index in [9.17, 15) is 12.8 Å². The van der Waals surface area contributed by atoms with Gasteiger partial charge in [0.25, 0.3) is 0 Å². The van der Waals surface area contributed by atoms with Gasteiger partial charge in [-0.05, 0) is 88.9 Å². The molecule has 3 rings (SSSR count). The highest BCUT2D eigenvalue weighted by atomic mass is 127. The SMILES string of the molecule is C=CC1CCc2cc(I)ccc2C1S(=O)(=O)c1ccc(F)cc1. The van der Waals surface area contributed by atoms with Gasteiger partial charge in [-0.25, -0.2) is 12.8 Å². The van der Waals surface area contributed by atoms with E-state index in [1.807, 2.05) is 18.2 Å². The summed E-state index contributed by atoms with van der Waals surface area (Å²) in [5.41, 5.74) is 1.91. The number of sulfone groups is 1. The molecule has 2 atom stereocenters. The lowest BCUT2D eigenvalue weighted by Crippen LogP contribution is -2.26. The minimum Gasteiger partial charge on any atom is -0.223 e. The molecule has 2 unspecified atom stereocenters. The lowest BCUT2D eigenvalue weighted by atomic mass is 9.83. The van der Waals surface area contributed by atoms with Crippen molar-refractivity contribution in [3.63, 3.8) is 0 Å². The summed E-state index contributed by atoms with van der Waals surface area (Å²) in [4.78, 5) is 0.155. The minimum atomic E-state index is -3.61. The summed E-state index contributed by atoms with van der Waals surface area (Å²) in [5.74, 6) is -0.583. The standard InChI is InChI=1S/C18H16FIO2S/c1-2-12-3-4-13-11-15(20)7-10-17(13)18(12)23(21,22)16-8-5-14(19)6-9-16/h2,5-12,18H,1,3-4H2. The van der Waals surface area contributed by atoms with Crippen LogP contribution in [0.4, 0.5) is 4.39 Å². The van der Waals surface area contributed by atoms with Crippen molar-refractivity contribution in [2.45, 2.75) is 23.0 Å². The Balaban J connectivity index is 2.15. The molecule has 0 aliphatic heterocycles. The molecule has 0 N–H and O–H groups in total. The van der Waals surface area contributed by atoms with Gasteiger partial charge in [-0.15, -0.1) is 6.58 Å². The predicted molar refractivity (Wildman–Crippen MR) is 97.5 cm³/mol. The zero-order chi connectivity index (χ0) is 16.6. The quantitative estimate of drug-likeness (QED) is 0.393. The normalized spacial score (nSPS) is 20.8. The Bertz CT molecular complexity index is 844. The molecule has 0 heterocycles. The van der Waals surface area contributed by atoms with Gasteiger partial charge in [0.05, 0.1) is 10.1 Å². The molecule has 0 spiro atoms. The molecule has 0 saturated carbocycles. The molecule has 120 valence electrons. The van der Waals surface area contributed by atoms with Crippen LogP contribution >= 0.6 is 22.6 Å². The zero-order valence-corrected chi connectivity index (χ0v) is 15.3. The Labute approximate surface area is 149 Å². The van der Waals surface area contributed by atoms with E-state index >= 15 is 0 Å². The number of hydrogen-bond donors (Lipinski definition) is 0. The van der Waals surface area contributed by atoms with Crippen LogP contribution in [-0.2, 0) is 16.3 Å². The van der Waals surface area contributed by atoms with Crippen LogP contribution in [0.2, 0.25) is 0 Å². The molecule has 0 saturated heterocycles. The van der Waals surface area contributed by atoms with E-state index in [2.05, 4.69) is 29.2 Å². The van der Waals surface area contributed by atoms with Gasteiger partial charge in [-0.1, -0.05) is 12.1 Å². The van der Waals surface area contributed by atoms with Crippen LogP contribution in [0, 0.1) is 15.3 Å². The van der Waals surface area contributed by atoms with E-state index < -0.39 is 20.9 Å². The Morgan fingerprint density at radius 2 is 1.87 bits per heavy atom. The van der Waals surface area contributed by atoms with E-state index in [1.54, 1.807) is 6.08 Å². The molecule has 23 heavy (non-hydrogen) atoms. The summed E-state index contributed by atoms with van der Waals surface area (Å²) >= 11 is 2.23. The molecule has 2 nitrogen and oxygen atoms in total. The average Bonchev–Trinajstić information content (AvgIpc) is 2.53. The van der Waals surface area contributed by atoms with Crippen molar-refractivity contribution in [2.75, 3.05) is 0 Å². The summed E-state index contributed by atoms with van der Waals surface area (Å²) in [6.07, 6.45) is 3.33. The fourth-order valence-electron chi connectivity index (χ4n) is 3.18. The molecule has 0 aromatic heterocycles. The van der Waals surface area contributed by atoms with Gasteiger partial charge in [0.1, 0.15) is 5.82 Å².